The smallest absolute Gasteiger partial charge is 0.269 e. The molecule has 10 heteroatoms. The molecule has 2 heterocycles. The van der Waals surface area contributed by atoms with E-state index in [0.29, 0.717) is 40.7 Å². The molecular weight excluding hydrogens is 424 g/mol. The summed E-state index contributed by atoms with van der Waals surface area (Å²) in [5, 5.41) is 6.70. The predicted molar refractivity (Wildman–Crippen MR) is 115 cm³/mol. The molecule has 4 rings (SSSR count). The minimum Gasteiger partial charge on any atom is -0.497 e. The van der Waals surface area contributed by atoms with E-state index in [1.165, 1.54) is 11.4 Å². The second-order valence-electron chi connectivity index (χ2n) is 6.84. The number of nitrogens with one attached hydrogen (secondary N) is 1. The Balaban J connectivity index is 1.61. The lowest BCUT2D eigenvalue weighted by atomic mass is 10.0. The summed E-state index contributed by atoms with van der Waals surface area (Å²) in [7, 11) is -2.17. The standard InChI is InChI=1S/C20H20N4O4S2/c1-13-19(29-23-22-13)20(25)21-15-5-10-18-14(12-15)4-3-11-24(18)30(26,27)17-8-6-16(28-2)7-9-17/h5-10,12H,3-4,11H2,1-2H3,(H,21,25). The van der Waals surface area contributed by atoms with Crippen LogP contribution in [0, 0.1) is 6.92 Å². The molecule has 1 aromatic heterocycles. The number of rotatable bonds is 5. The number of benzene rings is 2. The van der Waals surface area contributed by atoms with Crippen molar-refractivity contribution in [3.63, 3.8) is 0 Å². The largest absolute Gasteiger partial charge is 0.497 e. The van der Waals surface area contributed by atoms with E-state index < -0.39 is 10.0 Å². The van der Waals surface area contributed by atoms with Crippen LogP contribution in [-0.4, -0.2) is 37.6 Å². The molecule has 30 heavy (non-hydrogen) atoms. The summed E-state index contributed by atoms with van der Waals surface area (Å²) >= 11 is 1.04. The van der Waals surface area contributed by atoms with Gasteiger partial charge in [0.2, 0.25) is 0 Å². The number of amides is 1. The highest BCUT2D eigenvalue weighted by Crippen LogP contribution is 2.34. The van der Waals surface area contributed by atoms with Gasteiger partial charge in [-0.1, -0.05) is 4.49 Å². The van der Waals surface area contributed by atoms with Crippen molar-refractivity contribution in [2.45, 2.75) is 24.7 Å². The number of sulfonamides is 1. The second kappa shape index (κ2) is 8.04. The van der Waals surface area contributed by atoms with E-state index in [1.807, 2.05) is 6.07 Å². The average molecular weight is 445 g/mol. The number of methoxy groups -OCH3 is 1. The van der Waals surface area contributed by atoms with Crippen LogP contribution in [0.25, 0.3) is 0 Å². The first-order chi connectivity index (χ1) is 14.4. The van der Waals surface area contributed by atoms with Crippen LogP contribution < -0.4 is 14.4 Å². The Kier molecular flexibility index (Phi) is 5.44. The van der Waals surface area contributed by atoms with Crippen LogP contribution in [0.1, 0.15) is 27.3 Å². The molecule has 3 aromatic rings. The molecule has 0 saturated heterocycles. The summed E-state index contributed by atoms with van der Waals surface area (Å²) in [5.41, 5.74) is 2.68. The summed E-state index contributed by atoms with van der Waals surface area (Å²) in [6.45, 7) is 2.13. The molecule has 0 bridgehead atoms. The fourth-order valence-corrected chi connectivity index (χ4v) is 5.49. The van der Waals surface area contributed by atoms with Crippen molar-refractivity contribution in [2.75, 3.05) is 23.3 Å². The fourth-order valence-electron chi connectivity index (χ4n) is 3.39. The van der Waals surface area contributed by atoms with Crippen LogP contribution in [0.2, 0.25) is 0 Å². The van der Waals surface area contributed by atoms with Crippen LogP contribution in [-0.2, 0) is 16.4 Å². The molecule has 1 aliphatic rings. The first kappa shape index (κ1) is 20.3. The SMILES string of the molecule is COc1ccc(S(=O)(=O)N2CCCc3cc(NC(=O)c4snnc4C)ccc32)cc1. The lowest BCUT2D eigenvalue weighted by Crippen LogP contribution is -2.35. The summed E-state index contributed by atoms with van der Waals surface area (Å²) in [6.07, 6.45) is 1.42. The first-order valence-electron chi connectivity index (χ1n) is 9.30. The molecule has 0 spiro atoms. The van der Waals surface area contributed by atoms with Crippen LogP contribution in [0.4, 0.5) is 11.4 Å². The van der Waals surface area contributed by atoms with Gasteiger partial charge in [-0.05, 0) is 79.3 Å². The molecule has 156 valence electrons. The minimum atomic E-state index is -3.70. The molecule has 0 fully saturated rings. The predicted octanol–water partition coefficient (Wildman–Crippen LogP) is 3.25. The maximum absolute atomic E-state index is 13.2. The van der Waals surface area contributed by atoms with Crippen LogP contribution in [0.5, 0.6) is 5.75 Å². The van der Waals surface area contributed by atoms with Crippen molar-refractivity contribution in [2.24, 2.45) is 0 Å². The van der Waals surface area contributed by atoms with E-state index in [-0.39, 0.29) is 10.8 Å². The zero-order chi connectivity index (χ0) is 21.3. The van der Waals surface area contributed by atoms with E-state index in [2.05, 4.69) is 14.9 Å². The van der Waals surface area contributed by atoms with Gasteiger partial charge in [0.05, 0.1) is 23.4 Å². The van der Waals surface area contributed by atoms with Gasteiger partial charge in [-0.2, -0.15) is 0 Å². The Labute approximate surface area is 178 Å². The van der Waals surface area contributed by atoms with Crippen LogP contribution in [0.3, 0.4) is 0 Å². The quantitative estimate of drug-likeness (QED) is 0.648. The molecule has 0 saturated carbocycles. The number of carbonyl (C=O) groups is 1. The Hall–Kier alpha value is -2.98. The van der Waals surface area contributed by atoms with Gasteiger partial charge in [0, 0.05) is 12.2 Å². The van der Waals surface area contributed by atoms with E-state index in [9.17, 15) is 13.2 Å². The molecule has 1 N–H and O–H groups in total. The van der Waals surface area contributed by atoms with Crippen molar-refractivity contribution in [3.05, 3.63) is 58.6 Å². The Morgan fingerprint density at radius 2 is 1.97 bits per heavy atom. The number of aryl methyl sites for hydroxylation is 2. The molecule has 8 nitrogen and oxygen atoms in total. The average Bonchev–Trinajstić information content (AvgIpc) is 3.19. The van der Waals surface area contributed by atoms with E-state index in [0.717, 1.165) is 23.5 Å². The molecule has 1 aliphatic heterocycles. The maximum atomic E-state index is 13.2. The molecular formula is C20H20N4O4S2. The van der Waals surface area contributed by atoms with Crippen molar-refractivity contribution < 1.29 is 17.9 Å². The topological polar surface area (TPSA) is 101 Å². The summed E-state index contributed by atoms with van der Waals surface area (Å²) in [4.78, 5) is 13.1. The van der Waals surface area contributed by atoms with E-state index in [4.69, 9.17) is 4.74 Å². The molecule has 0 aliphatic carbocycles. The third kappa shape index (κ3) is 3.75. The monoisotopic (exact) mass is 444 g/mol. The fraction of sp³-hybridized carbons (Fsp3) is 0.250. The highest BCUT2D eigenvalue weighted by molar-refractivity contribution is 7.92. The van der Waals surface area contributed by atoms with Crippen molar-refractivity contribution >= 4 is 38.8 Å². The highest BCUT2D eigenvalue weighted by atomic mass is 32.2. The van der Waals surface area contributed by atoms with Crippen molar-refractivity contribution in [1.82, 2.24) is 9.59 Å². The summed E-state index contributed by atoms with van der Waals surface area (Å²) in [6, 6.07) is 11.6. The third-order valence-corrected chi connectivity index (χ3v) is 7.57. The van der Waals surface area contributed by atoms with Gasteiger partial charge in [-0.3, -0.25) is 9.10 Å². The van der Waals surface area contributed by atoms with Gasteiger partial charge in [-0.25, -0.2) is 8.42 Å². The Morgan fingerprint density at radius 3 is 2.63 bits per heavy atom. The molecule has 0 atom stereocenters. The summed E-state index contributed by atoms with van der Waals surface area (Å²) in [5.74, 6) is 0.320. The van der Waals surface area contributed by atoms with Gasteiger partial charge in [0.15, 0.2) is 0 Å². The number of nitrogens with zero attached hydrogens (tertiary/aromatic N) is 3. The number of hydrogen-bond acceptors (Lipinski definition) is 7. The lowest BCUT2D eigenvalue weighted by molar-refractivity contribution is 0.103. The molecule has 0 radical (unpaired) electrons. The highest BCUT2D eigenvalue weighted by Gasteiger charge is 2.29. The van der Waals surface area contributed by atoms with E-state index in [1.54, 1.807) is 43.3 Å². The van der Waals surface area contributed by atoms with Crippen LogP contribution in [0.15, 0.2) is 47.4 Å². The number of carbonyl (C=O) groups excluding carboxylic acids is 1. The number of aromatic nitrogens is 2. The van der Waals surface area contributed by atoms with Gasteiger partial charge in [-0.15, -0.1) is 5.10 Å². The zero-order valence-electron chi connectivity index (χ0n) is 16.5. The second-order valence-corrected chi connectivity index (χ2v) is 9.46. The Bertz CT molecular complexity index is 1190. The van der Waals surface area contributed by atoms with Crippen molar-refractivity contribution in [3.8, 4) is 5.75 Å². The maximum Gasteiger partial charge on any atom is 0.269 e. The Morgan fingerprint density at radius 1 is 1.20 bits per heavy atom. The normalized spacial score (nSPS) is 13.6. The number of fused-ring (bicyclic) bond motifs is 1. The number of ether oxygens (including phenoxy) is 1. The van der Waals surface area contributed by atoms with Crippen molar-refractivity contribution in [1.29, 1.82) is 0 Å². The summed E-state index contributed by atoms with van der Waals surface area (Å²) < 4.78 is 36.7. The van der Waals surface area contributed by atoms with Gasteiger partial charge < -0.3 is 10.1 Å². The van der Waals surface area contributed by atoms with E-state index >= 15 is 0 Å². The van der Waals surface area contributed by atoms with Gasteiger partial charge >= 0.3 is 0 Å². The lowest BCUT2D eigenvalue weighted by Gasteiger charge is -2.31. The molecule has 0 unspecified atom stereocenters. The zero-order valence-corrected chi connectivity index (χ0v) is 18.1. The van der Waals surface area contributed by atoms with Crippen LogP contribution >= 0.6 is 11.5 Å². The van der Waals surface area contributed by atoms with Gasteiger partial charge in [0.25, 0.3) is 15.9 Å². The molecule has 2 aromatic carbocycles. The third-order valence-electron chi connectivity index (χ3n) is 4.92. The first-order valence-corrected chi connectivity index (χ1v) is 11.5. The minimum absolute atomic E-state index is 0.210. The number of hydrogen-bond donors (Lipinski definition) is 1. The van der Waals surface area contributed by atoms with Gasteiger partial charge in [0.1, 0.15) is 10.6 Å². The molecule has 1 amide bonds. The number of anilines is 2.